The molecule has 7 heteroatoms. The van der Waals surface area contributed by atoms with E-state index in [4.69, 9.17) is 4.74 Å². The van der Waals surface area contributed by atoms with Gasteiger partial charge in [0.15, 0.2) is 0 Å². The molecule has 2 fully saturated rings. The van der Waals surface area contributed by atoms with E-state index in [0.29, 0.717) is 6.54 Å². The number of rotatable bonds is 5. The Kier molecular flexibility index (Phi) is 5.17. The van der Waals surface area contributed by atoms with Crippen LogP contribution in [-0.4, -0.2) is 52.5 Å². The molecule has 2 aliphatic rings. The van der Waals surface area contributed by atoms with Crippen LogP contribution in [0.1, 0.15) is 29.6 Å². The molecule has 124 valence electrons. The molecule has 0 aliphatic carbocycles. The molecule has 2 aliphatic heterocycles. The minimum absolute atomic E-state index is 0.0484. The van der Waals surface area contributed by atoms with Crippen molar-refractivity contribution in [3.63, 3.8) is 0 Å². The van der Waals surface area contributed by atoms with Gasteiger partial charge in [0, 0.05) is 31.0 Å². The smallest absolute Gasteiger partial charge is 0.282 e. The number of hydrogen-bond acceptors (Lipinski definition) is 5. The van der Waals surface area contributed by atoms with Crippen molar-refractivity contribution < 1.29 is 14.5 Å². The Balaban J connectivity index is 1.85. The summed E-state index contributed by atoms with van der Waals surface area (Å²) < 4.78 is 5.67. The number of nitro groups is 1. The van der Waals surface area contributed by atoms with Crippen molar-refractivity contribution in [3.05, 3.63) is 39.9 Å². The summed E-state index contributed by atoms with van der Waals surface area (Å²) in [6, 6.07) is 6.33. The summed E-state index contributed by atoms with van der Waals surface area (Å²) in [5.41, 5.74) is 0.0490. The highest BCUT2D eigenvalue weighted by molar-refractivity contribution is 7.99. The zero-order chi connectivity index (χ0) is 16.2. The predicted molar refractivity (Wildman–Crippen MR) is 88.8 cm³/mol. The number of benzene rings is 1. The van der Waals surface area contributed by atoms with E-state index in [2.05, 4.69) is 0 Å². The molecule has 2 atom stereocenters. The summed E-state index contributed by atoms with van der Waals surface area (Å²) in [6.45, 7) is 1.26. The van der Waals surface area contributed by atoms with Crippen LogP contribution in [-0.2, 0) is 4.74 Å². The van der Waals surface area contributed by atoms with Crippen molar-refractivity contribution in [1.29, 1.82) is 0 Å². The number of carbonyl (C=O) groups is 1. The maximum atomic E-state index is 13.0. The van der Waals surface area contributed by atoms with Gasteiger partial charge in [-0.05, 0) is 31.1 Å². The molecule has 1 amide bonds. The minimum atomic E-state index is -0.485. The van der Waals surface area contributed by atoms with Gasteiger partial charge in [-0.25, -0.2) is 0 Å². The van der Waals surface area contributed by atoms with Gasteiger partial charge in [0.2, 0.25) is 0 Å². The summed E-state index contributed by atoms with van der Waals surface area (Å²) >= 11 is 1.82. The van der Waals surface area contributed by atoms with E-state index in [1.807, 2.05) is 11.8 Å². The molecule has 0 bridgehead atoms. The first-order chi connectivity index (χ1) is 11.2. The van der Waals surface area contributed by atoms with E-state index < -0.39 is 4.92 Å². The van der Waals surface area contributed by atoms with Crippen LogP contribution in [0.25, 0.3) is 0 Å². The lowest BCUT2D eigenvalue weighted by atomic mass is 10.1. The topological polar surface area (TPSA) is 72.7 Å². The third-order valence-electron chi connectivity index (χ3n) is 4.36. The Morgan fingerprint density at radius 2 is 2.22 bits per heavy atom. The van der Waals surface area contributed by atoms with E-state index in [0.717, 1.165) is 37.4 Å². The monoisotopic (exact) mass is 336 g/mol. The number of amides is 1. The molecule has 6 nitrogen and oxygen atoms in total. The second-order valence-electron chi connectivity index (χ2n) is 5.88. The van der Waals surface area contributed by atoms with E-state index in [9.17, 15) is 14.9 Å². The van der Waals surface area contributed by atoms with Crippen LogP contribution in [0.4, 0.5) is 5.69 Å². The number of ether oxygens (including phenoxy) is 1. The molecule has 0 aromatic heterocycles. The van der Waals surface area contributed by atoms with Crippen molar-refractivity contribution in [1.82, 2.24) is 4.90 Å². The second kappa shape index (κ2) is 7.31. The van der Waals surface area contributed by atoms with Crippen molar-refractivity contribution in [2.75, 3.05) is 24.7 Å². The van der Waals surface area contributed by atoms with Crippen molar-refractivity contribution in [2.24, 2.45) is 0 Å². The van der Waals surface area contributed by atoms with E-state index in [1.165, 1.54) is 6.07 Å². The summed E-state index contributed by atoms with van der Waals surface area (Å²) in [6.07, 6.45) is 2.94. The lowest BCUT2D eigenvalue weighted by Gasteiger charge is -2.30. The normalized spacial score (nSPS) is 23.8. The molecule has 2 heterocycles. The van der Waals surface area contributed by atoms with Crippen LogP contribution in [0.15, 0.2) is 24.3 Å². The average molecular weight is 336 g/mol. The van der Waals surface area contributed by atoms with Crippen LogP contribution in [0, 0.1) is 10.1 Å². The Bertz CT molecular complexity index is 583. The summed E-state index contributed by atoms with van der Waals surface area (Å²) in [4.78, 5) is 25.5. The van der Waals surface area contributed by atoms with E-state index in [-0.39, 0.29) is 29.3 Å². The van der Waals surface area contributed by atoms with E-state index in [1.54, 1.807) is 23.1 Å². The molecular formula is C16H20N2O4S. The Morgan fingerprint density at radius 3 is 2.87 bits per heavy atom. The number of thioether (sulfide) groups is 1. The summed E-state index contributed by atoms with van der Waals surface area (Å²) in [5.74, 6) is 1.66. The third-order valence-corrected chi connectivity index (χ3v) is 5.51. The largest absolute Gasteiger partial charge is 0.376 e. The van der Waals surface area contributed by atoms with Gasteiger partial charge < -0.3 is 9.64 Å². The molecule has 0 N–H and O–H groups in total. The number of carbonyl (C=O) groups excluding carboxylic acids is 1. The van der Waals surface area contributed by atoms with Crippen molar-refractivity contribution in [3.8, 4) is 0 Å². The lowest BCUT2D eigenvalue weighted by Crippen LogP contribution is -2.44. The number of para-hydroxylation sites is 1. The SMILES string of the molecule is O=C(c1ccccc1[N+](=O)[O-])N(C[C@@H]1CCCO1)[C@@H]1CCSC1. The first-order valence-electron chi connectivity index (χ1n) is 7.90. The zero-order valence-corrected chi connectivity index (χ0v) is 13.7. The molecule has 0 spiro atoms. The van der Waals surface area contributed by atoms with Crippen LogP contribution >= 0.6 is 11.8 Å². The summed E-state index contributed by atoms with van der Waals surface area (Å²) in [7, 11) is 0. The fourth-order valence-corrected chi connectivity index (χ4v) is 4.37. The fourth-order valence-electron chi connectivity index (χ4n) is 3.14. The quantitative estimate of drug-likeness (QED) is 0.610. The van der Waals surface area contributed by atoms with Crippen LogP contribution in [0.2, 0.25) is 0 Å². The average Bonchev–Trinajstić information content (AvgIpc) is 3.25. The van der Waals surface area contributed by atoms with Gasteiger partial charge in [0.1, 0.15) is 5.56 Å². The molecule has 0 saturated carbocycles. The van der Waals surface area contributed by atoms with Crippen LogP contribution in [0.3, 0.4) is 0 Å². The maximum Gasteiger partial charge on any atom is 0.282 e. The second-order valence-corrected chi connectivity index (χ2v) is 7.03. The standard InChI is InChI=1S/C16H20N2O4S/c19-16(14-5-1-2-6-15(14)18(20)21)17(12-7-9-23-11-12)10-13-4-3-8-22-13/h1-2,5-6,12-13H,3-4,7-11H2/t12-,13+/m1/s1. The molecule has 0 unspecified atom stereocenters. The van der Waals surface area contributed by atoms with E-state index >= 15 is 0 Å². The highest BCUT2D eigenvalue weighted by Gasteiger charge is 2.33. The predicted octanol–water partition coefficient (Wildman–Crippen LogP) is 2.72. The number of hydrogen-bond donors (Lipinski definition) is 0. The molecular weight excluding hydrogens is 316 g/mol. The van der Waals surface area contributed by atoms with Gasteiger partial charge in [-0.3, -0.25) is 14.9 Å². The molecule has 1 aromatic carbocycles. The van der Waals surface area contributed by atoms with Crippen LogP contribution < -0.4 is 0 Å². The maximum absolute atomic E-state index is 13.0. The van der Waals surface area contributed by atoms with Gasteiger partial charge in [-0.2, -0.15) is 11.8 Å². The Hall–Kier alpha value is -1.60. The van der Waals surface area contributed by atoms with Crippen molar-refractivity contribution in [2.45, 2.75) is 31.4 Å². The van der Waals surface area contributed by atoms with Gasteiger partial charge in [-0.15, -0.1) is 0 Å². The van der Waals surface area contributed by atoms with Gasteiger partial charge in [0.05, 0.1) is 11.0 Å². The van der Waals surface area contributed by atoms with Crippen molar-refractivity contribution >= 4 is 23.4 Å². The van der Waals surface area contributed by atoms with Gasteiger partial charge >= 0.3 is 0 Å². The highest BCUT2D eigenvalue weighted by atomic mass is 32.2. The Labute approximate surface area is 139 Å². The molecule has 0 radical (unpaired) electrons. The molecule has 2 saturated heterocycles. The first kappa shape index (κ1) is 16.3. The third kappa shape index (κ3) is 3.67. The minimum Gasteiger partial charge on any atom is -0.376 e. The summed E-state index contributed by atoms with van der Waals surface area (Å²) in [5, 5.41) is 11.2. The first-order valence-corrected chi connectivity index (χ1v) is 9.06. The number of nitrogens with zero attached hydrogens (tertiary/aromatic N) is 2. The highest BCUT2D eigenvalue weighted by Crippen LogP contribution is 2.28. The molecule has 1 aromatic rings. The zero-order valence-electron chi connectivity index (χ0n) is 12.8. The lowest BCUT2D eigenvalue weighted by molar-refractivity contribution is -0.385. The fraction of sp³-hybridized carbons (Fsp3) is 0.562. The van der Waals surface area contributed by atoms with Crippen LogP contribution in [0.5, 0.6) is 0 Å². The Morgan fingerprint density at radius 1 is 1.39 bits per heavy atom. The molecule has 3 rings (SSSR count). The number of nitro benzene ring substituents is 1. The van der Waals surface area contributed by atoms with Gasteiger partial charge in [0.25, 0.3) is 11.6 Å². The molecule has 23 heavy (non-hydrogen) atoms. The van der Waals surface area contributed by atoms with Gasteiger partial charge in [-0.1, -0.05) is 12.1 Å².